The predicted octanol–water partition coefficient (Wildman–Crippen LogP) is 0.529. The first kappa shape index (κ1) is 27.9. The number of aliphatic carboxylic acids is 1. The van der Waals surface area contributed by atoms with Gasteiger partial charge in [0.05, 0.1) is 0 Å². The minimum Gasteiger partial charge on any atom is -0.477 e. The number of imidazole rings is 1. The molecule has 2 aliphatic rings. The summed E-state index contributed by atoms with van der Waals surface area (Å²) >= 11 is 4.14. The molecule has 0 saturated carbocycles. The summed E-state index contributed by atoms with van der Waals surface area (Å²) in [6.45, 7) is 0.404. The van der Waals surface area contributed by atoms with Gasteiger partial charge in [0.1, 0.15) is 48.9 Å². The molecule has 1 fully saturated rings. The third-order valence-corrected chi connectivity index (χ3v) is 9.41. The van der Waals surface area contributed by atoms with Crippen LogP contribution in [0.4, 0.5) is 5.13 Å². The maximum absolute atomic E-state index is 13.2. The van der Waals surface area contributed by atoms with Crippen molar-refractivity contribution in [2.24, 2.45) is 5.16 Å². The fourth-order valence-electron chi connectivity index (χ4n) is 4.50. The summed E-state index contributed by atoms with van der Waals surface area (Å²) in [4.78, 5) is 48.6. The van der Waals surface area contributed by atoms with E-state index in [0.29, 0.717) is 17.7 Å². The number of aromatic nitrogens is 3. The van der Waals surface area contributed by atoms with Gasteiger partial charge in [0.2, 0.25) is 0 Å². The molecule has 5 rings (SSSR count). The van der Waals surface area contributed by atoms with Crippen molar-refractivity contribution >= 4 is 69.1 Å². The first-order valence-electron chi connectivity index (χ1n) is 12.1. The highest BCUT2D eigenvalue weighted by Crippen LogP contribution is 2.40. The Morgan fingerprint density at radius 3 is 2.92 bits per heavy atom. The van der Waals surface area contributed by atoms with Gasteiger partial charge in [-0.3, -0.25) is 14.5 Å². The maximum Gasteiger partial charge on any atom is 0.352 e. The number of thiazole rings is 1. The number of rotatable bonds is 11. The molecule has 0 bridgehead atoms. The summed E-state index contributed by atoms with van der Waals surface area (Å²) in [5.74, 6) is -1.28. The van der Waals surface area contributed by atoms with Crippen molar-refractivity contribution < 1.29 is 34.0 Å². The van der Waals surface area contributed by atoms with Crippen LogP contribution in [0, 0.1) is 0 Å². The van der Waals surface area contributed by atoms with Gasteiger partial charge in [-0.1, -0.05) is 16.9 Å². The van der Waals surface area contributed by atoms with Crippen molar-refractivity contribution in [2.45, 2.75) is 29.4 Å². The molecule has 2 aliphatic heterocycles. The van der Waals surface area contributed by atoms with Crippen LogP contribution in [0.1, 0.15) is 12.1 Å². The summed E-state index contributed by atoms with van der Waals surface area (Å²) in [5, 5.41) is 27.8. The van der Waals surface area contributed by atoms with E-state index in [1.807, 2.05) is 39.6 Å². The van der Waals surface area contributed by atoms with Crippen molar-refractivity contribution in [1.29, 1.82) is 0 Å². The number of fused-ring (bicyclic) bond motifs is 2. The molecule has 3 aromatic heterocycles. The SMILES string of the molecule is CON=C(C(=O)N[C@@H]1C(=O)N2C(C(=O)O)=C(C[n+]3ccn4c(SCCCO)cccc43)CS[C@@H]12)c1csc(N)n1. The molecule has 5 N–H and O–H groups in total. The number of nitrogens with two attached hydrogens (primary N) is 1. The molecular weight excluding hydrogens is 579 g/mol. The fraction of sp³-hybridized carbons (Fsp3) is 0.333. The van der Waals surface area contributed by atoms with Gasteiger partial charge in [0.25, 0.3) is 17.5 Å². The molecule has 2 amide bonds. The van der Waals surface area contributed by atoms with Crippen LogP contribution in [0.15, 0.2) is 57.4 Å². The van der Waals surface area contributed by atoms with E-state index in [9.17, 15) is 19.5 Å². The molecule has 0 unspecified atom stereocenters. The van der Waals surface area contributed by atoms with Gasteiger partial charge >= 0.3 is 5.97 Å². The number of carbonyl (C=O) groups excluding carboxylic acids is 2. The zero-order chi connectivity index (χ0) is 28.4. The minimum atomic E-state index is -1.21. The van der Waals surface area contributed by atoms with E-state index in [1.54, 1.807) is 17.1 Å². The van der Waals surface area contributed by atoms with Gasteiger partial charge in [-0.25, -0.2) is 14.3 Å². The number of pyridine rings is 1. The van der Waals surface area contributed by atoms with Crippen molar-refractivity contribution in [3.63, 3.8) is 0 Å². The molecule has 0 aliphatic carbocycles. The highest BCUT2D eigenvalue weighted by Gasteiger charge is 2.54. The van der Waals surface area contributed by atoms with Crippen LogP contribution in [-0.4, -0.2) is 84.6 Å². The molecule has 13 nitrogen and oxygen atoms in total. The number of nitrogens with one attached hydrogen (secondary N) is 1. The van der Waals surface area contributed by atoms with Crippen molar-refractivity contribution in [1.82, 2.24) is 19.6 Å². The number of hydrogen-bond donors (Lipinski definition) is 4. The van der Waals surface area contributed by atoms with Crippen molar-refractivity contribution in [3.05, 3.63) is 52.9 Å². The van der Waals surface area contributed by atoms with Crippen LogP contribution in [0.3, 0.4) is 0 Å². The van der Waals surface area contributed by atoms with Gasteiger partial charge in [-0.05, 0) is 18.6 Å². The number of hydrogen-bond acceptors (Lipinski definition) is 11. The van der Waals surface area contributed by atoms with Crippen LogP contribution in [0.25, 0.3) is 5.65 Å². The summed E-state index contributed by atoms with van der Waals surface area (Å²) in [6.07, 6.45) is 4.46. The van der Waals surface area contributed by atoms with E-state index in [-0.39, 0.29) is 35.4 Å². The lowest BCUT2D eigenvalue weighted by Crippen LogP contribution is -2.71. The quantitative estimate of drug-likeness (QED) is 0.0603. The fourth-order valence-corrected chi connectivity index (χ4v) is 7.34. The van der Waals surface area contributed by atoms with E-state index in [2.05, 4.69) is 15.5 Å². The van der Waals surface area contributed by atoms with Crippen LogP contribution < -0.4 is 15.6 Å². The Bertz CT molecular complexity index is 1530. The third kappa shape index (κ3) is 5.26. The number of aliphatic hydroxyl groups excluding tert-OH is 1. The van der Waals surface area contributed by atoms with Gasteiger partial charge in [0.15, 0.2) is 15.9 Å². The number of carboxylic acids is 1. The van der Waals surface area contributed by atoms with Crippen molar-refractivity contribution in [3.8, 4) is 0 Å². The second kappa shape index (κ2) is 11.9. The number of thioether (sulfide) groups is 2. The number of nitrogens with zero attached hydrogens (tertiary/aromatic N) is 5. The Labute approximate surface area is 240 Å². The number of nitrogen functional groups attached to an aromatic ring is 1. The van der Waals surface area contributed by atoms with Gasteiger partial charge in [-0.2, -0.15) is 4.40 Å². The second-order valence-corrected chi connectivity index (χ2v) is 11.9. The highest BCUT2D eigenvalue weighted by atomic mass is 32.2. The molecule has 0 radical (unpaired) electrons. The summed E-state index contributed by atoms with van der Waals surface area (Å²) in [7, 11) is 1.28. The molecule has 16 heteroatoms. The van der Waals surface area contributed by atoms with Gasteiger partial charge in [-0.15, -0.1) is 23.1 Å². The first-order chi connectivity index (χ1) is 19.3. The monoisotopic (exact) mass is 604 g/mol. The lowest BCUT2D eigenvalue weighted by atomic mass is 10.0. The number of amides is 2. The van der Waals surface area contributed by atoms with Crippen LogP contribution in [0.2, 0.25) is 0 Å². The number of carbonyl (C=O) groups is 3. The van der Waals surface area contributed by atoms with Gasteiger partial charge < -0.3 is 26.1 Å². The topological polar surface area (TPSA) is 176 Å². The minimum absolute atomic E-state index is 0.0716. The zero-order valence-corrected chi connectivity index (χ0v) is 23.7. The lowest BCUT2D eigenvalue weighted by molar-refractivity contribution is -0.662. The Balaban J connectivity index is 1.35. The normalized spacial score (nSPS) is 19.0. The molecule has 40 heavy (non-hydrogen) atoms. The largest absolute Gasteiger partial charge is 0.477 e. The van der Waals surface area contributed by atoms with Gasteiger partial charge in [0, 0.05) is 35.1 Å². The molecule has 2 atom stereocenters. The average molecular weight is 605 g/mol. The van der Waals surface area contributed by atoms with Crippen LogP contribution >= 0.6 is 34.9 Å². The Hall–Kier alpha value is -3.60. The predicted molar refractivity (Wildman–Crippen MR) is 150 cm³/mol. The van der Waals surface area contributed by atoms with E-state index in [4.69, 9.17) is 15.7 Å². The smallest absolute Gasteiger partial charge is 0.352 e. The highest BCUT2D eigenvalue weighted by molar-refractivity contribution is 8.00. The standard InChI is InChI=1S/C24H25N7O6S3/c1-37-28-17(14-12-40-24(25)26-14)20(33)27-18-21(34)31-19(23(35)36)13(11-39-22(18)31)10-29-6-7-30-15(29)4-2-5-16(30)38-9-3-8-32/h2,4-7,12,18,22,32H,3,8-11H2,1H3,(H3-,25,26,27,33,35,36)/p+1/t18-,22+/m1/s1. The molecule has 5 heterocycles. The van der Waals surface area contributed by atoms with E-state index in [1.165, 1.54) is 23.8 Å². The summed E-state index contributed by atoms with van der Waals surface area (Å²) < 4.78 is 3.95. The summed E-state index contributed by atoms with van der Waals surface area (Å²) in [6, 6.07) is 4.92. The van der Waals surface area contributed by atoms with Crippen LogP contribution in [0.5, 0.6) is 0 Å². The molecule has 0 aromatic carbocycles. The Morgan fingerprint density at radius 2 is 2.23 bits per heavy atom. The lowest BCUT2D eigenvalue weighted by Gasteiger charge is -2.49. The number of oxime groups is 1. The molecule has 1 saturated heterocycles. The Morgan fingerprint density at radius 1 is 1.40 bits per heavy atom. The number of aliphatic hydroxyl groups is 1. The zero-order valence-electron chi connectivity index (χ0n) is 21.2. The number of β-lactam (4-membered cyclic amide) rings is 1. The molecular formula is C24H26N7O6S3+. The average Bonchev–Trinajstić information content (AvgIpc) is 3.56. The molecule has 3 aromatic rings. The number of carboxylic acid groups (broad SMARTS) is 1. The van der Waals surface area contributed by atoms with Crippen LogP contribution in [-0.2, 0) is 25.8 Å². The molecule has 0 spiro atoms. The van der Waals surface area contributed by atoms with Crippen molar-refractivity contribution in [2.75, 3.05) is 31.0 Å². The second-order valence-electron chi connectivity index (χ2n) is 8.76. The molecule has 210 valence electrons. The van der Waals surface area contributed by atoms with E-state index in [0.717, 1.165) is 27.8 Å². The number of anilines is 1. The van der Waals surface area contributed by atoms with E-state index < -0.39 is 29.2 Å². The maximum atomic E-state index is 13.2. The first-order valence-corrected chi connectivity index (χ1v) is 15.0. The third-order valence-electron chi connectivity index (χ3n) is 6.27. The summed E-state index contributed by atoms with van der Waals surface area (Å²) in [5.41, 5.74) is 7.13. The van der Waals surface area contributed by atoms with E-state index >= 15 is 0 Å². The Kier molecular flexibility index (Phi) is 8.30.